The van der Waals surface area contributed by atoms with Crippen molar-refractivity contribution in [2.24, 2.45) is 0 Å². The smallest absolute Gasteiger partial charge is 0.310 e. The van der Waals surface area contributed by atoms with Crippen LogP contribution in [0.25, 0.3) is 0 Å². The quantitative estimate of drug-likeness (QED) is 0.645. The minimum Gasteiger partial charge on any atom is -0.469 e. The van der Waals surface area contributed by atoms with Crippen LogP contribution in [0.4, 0.5) is 0 Å². The van der Waals surface area contributed by atoms with E-state index in [1.165, 1.54) is 7.11 Å². The van der Waals surface area contributed by atoms with Crippen LogP contribution in [-0.2, 0) is 16.0 Å². The van der Waals surface area contributed by atoms with Gasteiger partial charge in [-0.3, -0.25) is 4.79 Å². The minimum absolute atomic E-state index is 0.201. The zero-order valence-corrected chi connectivity index (χ0v) is 6.68. The number of methoxy groups -OCH3 is 1. The summed E-state index contributed by atoms with van der Waals surface area (Å²) < 4.78 is 4.53. The lowest BCUT2D eigenvalue weighted by molar-refractivity contribution is -0.139. The summed E-state index contributed by atoms with van der Waals surface area (Å²) in [6, 6.07) is 1.88. The standard InChI is InChI=1S/C8H11NO2/c1-6-7(3-4-9-6)5-8(10)11-2/h3-4,9H,5H2,1-2H3. The summed E-state index contributed by atoms with van der Waals surface area (Å²) in [6.07, 6.45) is 2.17. The Bertz CT molecular complexity index is 252. The van der Waals surface area contributed by atoms with Gasteiger partial charge in [-0.2, -0.15) is 0 Å². The molecule has 11 heavy (non-hydrogen) atoms. The lowest BCUT2D eigenvalue weighted by Gasteiger charge is -1.97. The van der Waals surface area contributed by atoms with E-state index in [9.17, 15) is 4.79 Å². The number of hydrogen-bond acceptors (Lipinski definition) is 2. The average Bonchev–Trinajstić information content (AvgIpc) is 2.37. The van der Waals surface area contributed by atoms with E-state index in [1.807, 2.05) is 19.2 Å². The van der Waals surface area contributed by atoms with Gasteiger partial charge in [-0.1, -0.05) is 0 Å². The number of esters is 1. The first-order valence-electron chi connectivity index (χ1n) is 3.43. The van der Waals surface area contributed by atoms with Crippen molar-refractivity contribution in [1.82, 2.24) is 4.98 Å². The third kappa shape index (κ3) is 1.83. The van der Waals surface area contributed by atoms with Gasteiger partial charge in [0.2, 0.25) is 0 Å². The summed E-state index contributed by atoms with van der Waals surface area (Å²) in [5.74, 6) is -0.201. The number of aromatic amines is 1. The second-order valence-electron chi connectivity index (χ2n) is 2.38. The molecule has 60 valence electrons. The molecule has 0 saturated heterocycles. The Balaban J connectivity index is 2.64. The molecule has 0 unspecified atom stereocenters. The molecule has 0 fully saturated rings. The minimum atomic E-state index is -0.201. The molecule has 0 amide bonds. The van der Waals surface area contributed by atoms with E-state index in [0.29, 0.717) is 6.42 Å². The van der Waals surface area contributed by atoms with Crippen LogP contribution in [0.3, 0.4) is 0 Å². The van der Waals surface area contributed by atoms with Gasteiger partial charge in [-0.25, -0.2) is 0 Å². The number of aromatic nitrogens is 1. The van der Waals surface area contributed by atoms with Gasteiger partial charge in [0.25, 0.3) is 0 Å². The second-order valence-corrected chi connectivity index (χ2v) is 2.38. The normalized spacial score (nSPS) is 9.64. The highest BCUT2D eigenvalue weighted by molar-refractivity contribution is 5.72. The zero-order valence-electron chi connectivity index (χ0n) is 6.68. The summed E-state index contributed by atoms with van der Waals surface area (Å²) in [5, 5.41) is 0. The number of carbonyl (C=O) groups is 1. The van der Waals surface area contributed by atoms with Crippen LogP contribution < -0.4 is 0 Å². The van der Waals surface area contributed by atoms with Crippen molar-refractivity contribution in [1.29, 1.82) is 0 Å². The fourth-order valence-corrected chi connectivity index (χ4v) is 0.904. The van der Waals surface area contributed by atoms with Crippen LogP contribution >= 0.6 is 0 Å². The number of H-pyrrole nitrogens is 1. The molecule has 0 aromatic carbocycles. The third-order valence-electron chi connectivity index (χ3n) is 1.63. The Morgan fingerprint density at radius 1 is 1.73 bits per heavy atom. The molecule has 0 aliphatic heterocycles. The number of hydrogen-bond donors (Lipinski definition) is 1. The number of nitrogens with one attached hydrogen (secondary N) is 1. The highest BCUT2D eigenvalue weighted by Gasteiger charge is 2.04. The lowest BCUT2D eigenvalue weighted by Crippen LogP contribution is -2.04. The van der Waals surface area contributed by atoms with E-state index < -0.39 is 0 Å². The van der Waals surface area contributed by atoms with Gasteiger partial charge in [0.15, 0.2) is 0 Å². The first-order chi connectivity index (χ1) is 5.24. The predicted molar refractivity (Wildman–Crippen MR) is 41.2 cm³/mol. The monoisotopic (exact) mass is 153 g/mol. The first-order valence-corrected chi connectivity index (χ1v) is 3.43. The van der Waals surface area contributed by atoms with Crippen LogP contribution in [0.2, 0.25) is 0 Å². The van der Waals surface area contributed by atoms with Gasteiger partial charge in [0.1, 0.15) is 0 Å². The molecule has 0 bridgehead atoms. The molecule has 0 aliphatic carbocycles. The fraction of sp³-hybridized carbons (Fsp3) is 0.375. The van der Waals surface area contributed by atoms with Gasteiger partial charge in [-0.15, -0.1) is 0 Å². The van der Waals surface area contributed by atoms with E-state index in [0.717, 1.165) is 11.3 Å². The summed E-state index contributed by atoms with van der Waals surface area (Å²) in [6.45, 7) is 1.93. The molecule has 1 aromatic heterocycles. The maximum atomic E-state index is 10.8. The molecule has 3 nitrogen and oxygen atoms in total. The van der Waals surface area contributed by atoms with Gasteiger partial charge >= 0.3 is 5.97 Å². The zero-order chi connectivity index (χ0) is 8.27. The van der Waals surface area contributed by atoms with E-state index in [1.54, 1.807) is 0 Å². The summed E-state index contributed by atoms with van der Waals surface area (Å²) in [5.41, 5.74) is 2.02. The fourth-order valence-electron chi connectivity index (χ4n) is 0.904. The molecule has 1 heterocycles. The van der Waals surface area contributed by atoms with Crippen LogP contribution in [0.1, 0.15) is 11.3 Å². The molecule has 0 spiro atoms. The molecule has 0 aliphatic rings. The molecule has 0 radical (unpaired) electrons. The van der Waals surface area contributed by atoms with Crippen LogP contribution in [0.5, 0.6) is 0 Å². The molecular weight excluding hydrogens is 142 g/mol. The van der Waals surface area contributed by atoms with Crippen LogP contribution in [0.15, 0.2) is 12.3 Å². The van der Waals surface area contributed by atoms with E-state index in [-0.39, 0.29) is 5.97 Å². The van der Waals surface area contributed by atoms with Crippen molar-refractivity contribution in [3.05, 3.63) is 23.5 Å². The Morgan fingerprint density at radius 3 is 2.91 bits per heavy atom. The molecular formula is C8H11NO2. The number of carbonyl (C=O) groups excluding carboxylic acids is 1. The number of ether oxygens (including phenoxy) is 1. The number of aryl methyl sites for hydroxylation is 1. The van der Waals surface area contributed by atoms with E-state index >= 15 is 0 Å². The summed E-state index contributed by atoms with van der Waals surface area (Å²) >= 11 is 0. The Hall–Kier alpha value is -1.25. The van der Waals surface area contributed by atoms with E-state index in [2.05, 4.69) is 9.72 Å². The maximum Gasteiger partial charge on any atom is 0.310 e. The van der Waals surface area contributed by atoms with Crippen molar-refractivity contribution in [2.45, 2.75) is 13.3 Å². The molecule has 1 N–H and O–H groups in total. The predicted octanol–water partition coefficient (Wildman–Crippen LogP) is 1.04. The molecule has 0 saturated carbocycles. The Labute approximate surface area is 65.4 Å². The summed E-state index contributed by atoms with van der Waals surface area (Å²) in [4.78, 5) is 13.8. The van der Waals surface area contributed by atoms with Crippen molar-refractivity contribution >= 4 is 5.97 Å². The van der Waals surface area contributed by atoms with Gasteiger partial charge < -0.3 is 9.72 Å². The maximum absolute atomic E-state index is 10.8. The Morgan fingerprint density at radius 2 is 2.45 bits per heavy atom. The van der Waals surface area contributed by atoms with Gasteiger partial charge in [-0.05, 0) is 18.6 Å². The van der Waals surface area contributed by atoms with E-state index in [4.69, 9.17) is 0 Å². The topological polar surface area (TPSA) is 42.1 Å². The SMILES string of the molecule is COC(=O)Cc1cc[nH]c1C. The number of rotatable bonds is 2. The first kappa shape index (κ1) is 7.85. The second kappa shape index (κ2) is 3.23. The Kier molecular flexibility index (Phi) is 2.31. The molecule has 1 rings (SSSR count). The highest BCUT2D eigenvalue weighted by atomic mass is 16.5. The molecule has 1 aromatic rings. The average molecular weight is 153 g/mol. The summed E-state index contributed by atoms with van der Waals surface area (Å²) in [7, 11) is 1.39. The molecule has 3 heteroatoms. The van der Waals surface area contributed by atoms with Crippen molar-refractivity contribution in [3.8, 4) is 0 Å². The van der Waals surface area contributed by atoms with Crippen molar-refractivity contribution < 1.29 is 9.53 Å². The van der Waals surface area contributed by atoms with Crippen molar-refractivity contribution in [3.63, 3.8) is 0 Å². The van der Waals surface area contributed by atoms with Gasteiger partial charge in [0.05, 0.1) is 13.5 Å². The third-order valence-corrected chi connectivity index (χ3v) is 1.63. The highest BCUT2D eigenvalue weighted by Crippen LogP contribution is 2.05. The largest absolute Gasteiger partial charge is 0.469 e. The van der Waals surface area contributed by atoms with Gasteiger partial charge in [0, 0.05) is 11.9 Å². The van der Waals surface area contributed by atoms with Crippen molar-refractivity contribution in [2.75, 3.05) is 7.11 Å². The lowest BCUT2D eigenvalue weighted by atomic mass is 10.2. The van der Waals surface area contributed by atoms with Crippen LogP contribution in [-0.4, -0.2) is 18.1 Å². The molecule has 0 atom stereocenters. The van der Waals surface area contributed by atoms with Crippen LogP contribution in [0, 0.1) is 6.92 Å².